The third-order valence-corrected chi connectivity index (χ3v) is 3.78. The molecule has 0 atom stereocenters. The fourth-order valence-electron chi connectivity index (χ4n) is 2.43. The summed E-state index contributed by atoms with van der Waals surface area (Å²) >= 11 is 0. The highest BCUT2D eigenvalue weighted by molar-refractivity contribution is 5.04. The second-order valence-electron chi connectivity index (χ2n) is 5.18. The lowest BCUT2D eigenvalue weighted by molar-refractivity contribution is 0.0763. The van der Waals surface area contributed by atoms with E-state index in [4.69, 9.17) is 4.74 Å². The van der Waals surface area contributed by atoms with Gasteiger partial charge in [0.1, 0.15) is 0 Å². The number of hydrogen-bond donors (Lipinski definition) is 0. The van der Waals surface area contributed by atoms with Gasteiger partial charge < -0.3 is 9.64 Å². The maximum absolute atomic E-state index is 12.3. The molecule has 2 aliphatic rings. The molecule has 0 bridgehead atoms. The topological polar surface area (TPSA) is 12.5 Å². The summed E-state index contributed by atoms with van der Waals surface area (Å²) in [5, 5.41) is 0. The van der Waals surface area contributed by atoms with Gasteiger partial charge in [0.25, 0.3) is 0 Å². The zero-order valence-corrected chi connectivity index (χ0v) is 10.2. The van der Waals surface area contributed by atoms with Gasteiger partial charge in [0.15, 0.2) is 0 Å². The van der Waals surface area contributed by atoms with Crippen molar-refractivity contribution in [3.05, 3.63) is 11.9 Å². The summed E-state index contributed by atoms with van der Waals surface area (Å²) in [6.07, 6.45) is 5.21. The summed E-state index contributed by atoms with van der Waals surface area (Å²) < 4.78 is 17.9. The zero-order chi connectivity index (χ0) is 11.4. The predicted molar refractivity (Wildman–Crippen MR) is 63.0 cm³/mol. The zero-order valence-electron chi connectivity index (χ0n) is 10.2. The van der Waals surface area contributed by atoms with Crippen LogP contribution in [-0.4, -0.2) is 37.7 Å². The molecule has 0 aromatic carbocycles. The summed E-state index contributed by atoms with van der Waals surface area (Å²) in [6, 6.07) is 0. The van der Waals surface area contributed by atoms with Gasteiger partial charge in [0.2, 0.25) is 0 Å². The molecule has 1 saturated carbocycles. The minimum Gasteiger partial charge on any atom is -0.381 e. The standard InChI is InChI=1S/C13H22FNO/c1-2-16-11-13(5-6-13)10-15-7-3-12(9-14)4-8-15/h9H,2-8,10-11H2,1H3. The number of hydrogen-bond acceptors (Lipinski definition) is 2. The van der Waals surface area contributed by atoms with E-state index >= 15 is 0 Å². The van der Waals surface area contributed by atoms with Crippen LogP contribution < -0.4 is 0 Å². The van der Waals surface area contributed by atoms with E-state index < -0.39 is 0 Å². The fraction of sp³-hybridized carbons (Fsp3) is 0.846. The molecule has 92 valence electrons. The number of likely N-dealkylation sites (tertiary alicyclic amines) is 1. The number of halogens is 1. The third kappa shape index (κ3) is 3.05. The van der Waals surface area contributed by atoms with Gasteiger partial charge in [-0.25, -0.2) is 4.39 Å². The van der Waals surface area contributed by atoms with Gasteiger partial charge in [0, 0.05) is 31.7 Å². The molecule has 1 heterocycles. The molecule has 0 aromatic heterocycles. The molecular weight excluding hydrogens is 205 g/mol. The first-order valence-electron chi connectivity index (χ1n) is 6.36. The maximum Gasteiger partial charge on any atom is 0.0859 e. The maximum atomic E-state index is 12.3. The van der Waals surface area contributed by atoms with Crippen molar-refractivity contribution >= 4 is 0 Å². The van der Waals surface area contributed by atoms with Crippen LogP contribution in [0, 0.1) is 5.41 Å². The van der Waals surface area contributed by atoms with Gasteiger partial charge in [-0.05, 0) is 38.2 Å². The van der Waals surface area contributed by atoms with Crippen LogP contribution in [0.25, 0.3) is 0 Å². The average molecular weight is 227 g/mol. The first-order chi connectivity index (χ1) is 7.78. The minimum atomic E-state index is 0.437. The van der Waals surface area contributed by atoms with Crippen molar-refractivity contribution in [3.63, 3.8) is 0 Å². The Morgan fingerprint density at radius 2 is 2.06 bits per heavy atom. The SMILES string of the molecule is CCOCC1(CN2CCC(=CF)CC2)CC1. The largest absolute Gasteiger partial charge is 0.381 e. The second-order valence-corrected chi connectivity index (χ2v) is 5.18. The van der Waals surface area contributed by atoms with Crippen LogP contribution >= 0.6 is 0 Å². The van der Waals surface area contributed by atoms with Gasteiger partial charge in [-0.2, -0.15) is 0 Å². The molecule has 1 aliphatic heterocycles. The Hall–Kier alpha value is -0.410. The number of piperidine rings is 1. The number of rotatable bonds is 5. The monoisotopic (exact) mass is 227 g/mol. The predicted octanol–water partition coefficient (Wildman–Crippen LogP) is 2.75. The Balaban J connectivity index is 1.74. The highest BCUT2D eigenvalue weighted by Crippen LogP contribution is 2.46. The van der Waals surface area contributed by atoms with E-state index in [1.165, 1.54) is 12.8 Å². The van der Waals surface area contributed by atoms with Gasteiger partial charge >= 0.3 is 0 Å². The van der Waals surface area contributed by atoms with E-state index in [9.17, 15) is 4.39 Å². The highest BCUT2D eigenvalue weighted by atomic mass is 19.1. The Bertz CT molecular complexity index is 251. The highest BCUT2D eigenvalue weighted by Gasteiger charge is 2.44. The van der Waals surface area contributed by atoms with Gasteiger partial charge in [-0.3, -0.25) is 0 Å². The Morgan fingerprint density at radius 1 is 1.38 bits per heavy atom. The van der Waals surface area contributed by atoms with Crippen molar-refractivity contribution in [1.82, 2.24) is 4.90 Å². The molecule has 0 spiro atoms. The van der Waals surface area contributed by atoms with Crippen LogP contribution in [0.1, 0.15) is 32.6 Å². The summed E-state index contributed by atoms with van der Waals surface area (Å²) in [6.45, 7) is 6.96. The Morgan fingerprint density at radius 3 is 2.56 bits per heavy atom. The summed E-state index contributed by atoms with van der Waals surface area (Å²) in [5.41, 5.74) is 1.42. The number of ether oxygens (including phenoxy) is 1. The first kappa shape index (κ1) is 12.1. The molecule has 0 aromatic rings. The lowest BCUT2D eigenvalue weighted by Gasteiger charge is -2.31. The molecule has 1 aliphatic carbocycles. The molecule has 0 amide bonds. The normalized spacial score (nSPS) is 24.5. The molecule has 0 unspecified atom stereocenters. The number of nitrogens with zero attached hydrogens (tertiary/aromatic N) is 1. The lowest BCUT2D eigenvalue weighted by atomic mass is 10.0. The molecule has 0 radical (unpaired) electrons. The molecule has 1 saturated heterocycles. The molecule has 2 nitrogen and oxygen atoms in total. The van der Waals surface area contributed by atoms with Crippen molar-refractivity contribution < 1.29 is 9.13 Å². The average Bonchev–Trinajstić information content (AvgIpc) is 3.08. The molecule has 0 N–H and O–H groups in total. The van der Waals surface area contributed by atoms with Crippen LogP contribution in [0.2, 0.25) is 0 Å². The van der Waals surface area contributed by atoms with E-state index in [2.05, 4.69) is 11.8 Å². The van der Waals surface area contributed by atoms with Crippen molar-refractivity contribution in [1.29, 1.82) is 0 Å². The molecule has 3 heteroatoms. The van der Waals surface area contributed by atoms with Crippen LogP contribution in [-0.2, 0) is 4.74 Å². The molecule has 16 heavy (non-hydrogen) atoms. The van der Waals surface area contributed by atoms with E-state index in [1.54, 1.807) is 0 Å². The van der Waals surface area contributed by atoms with Gasteiger partial charge in [-0.15, -0.1) is 0 Å². The van der Waals surface area contributed by atoms with Crippen LogP contribution in [0.15, 0.2) is 11.9 Å². The summed E-state index contributed by atoms with van der Waals surface area (Å²) in [7, 11) is 0. The third-order valence-electron chi connectivity index (χ3n) is 3.78. The quantitative estimate of drug-likeness (QED) is 0.716. The molecular formula is C13H22FNO. The van der Waals surface area contributed by atoms with Crippen molar-refractivity contribution in [2.45, 2.75) is 32.6 Å². The van der Waals surface area contributed by atoms with Crippen molar-refractivity contribution in [2.75, 3.05) is 32.8 Å². The van der Waals surface area contributed by atoms with E-state index in [1.807, 2.05) is 0 Å². The van der Waals surface area contributed by atoms with Crippen LogP contribution in [0.5, 0.6) is 0 Å². The second kappa shape index (κ2) is 5.28. The summed E-state index contributed by atoms with van der Waals surface area (Å²) in [4.78, 5) is 2.47. The molecule has 2 rings (SSSR count). The van der Waals surface area contributed by atoms with Crippen LogP contribution in [0.3, 0.4) is 0 Å². The smallest absolute Gasteiger partial charge is 0.0859 e. The van der Waals surface area contributed by atoms with Crippen molar-refractivity contribution in [3.8, 4) is 0 Å². The first-order valence-corrected chi connectivity index (χ1v) is 6.36. The Labute approximate surface area is 97.5 Å². The summed E-state index contributed by atoms with van der Waals surface area (Å²) in [5.74, 6) is 0. The lowest BCUT2D eigenvalue weighted by Crippen LogP contribution is -2.37. The Kier molecular flexibility index (Phi) is 3.98. The minimum absolute atomic E-state index is 0.437. The van der Waals surface area contributed by atoms with E-state index in [-0.39, 0.29) is 0 Å². The van der Waals surface area contributed by atoms with Crippen molar-refractivity contribution in [2.24, 2.45) is 5.41 Å². The van der Waals surface area contributed by atoms with Gasteiger partial charge in [0.05, 0.1) is 12.9 Å². The molecule has 2 fully saturated rings. The van der Waals surface area contributed by atoms with Gasteiger partial charge in [-0.1, -0.05) is 0 Å². The van der Waals surface area contributed by atoms with E-state index in [0.717, 1.165) is 57.6 Å². The fourth-order valence-corrected chi connectivity index (χ4v) is 2.43. The van der Waals surface area contributed by atoms with E-state index in [0.29, 0.717) is 5.41 Å². The van der Waals surface area contributed by atoms with Crippen LogP contribution in [0.4, 0.5) is 4.39 Å².